The van der Waals surface area contributed by atoms with Gasteiger partial charge < -0.3 is 15.3 Å². The summed E-state index contributed by atoms with van der Waals surface area (Å²) >= 11 is 0. The Hall–Kier alpha value is -0.120. The van der Waals surface area contributed by atoms with E-state index < -0.39 is 11.7 Å². The van der Waals surface area contributed by atoms with Crippen LogP contribution in [0.25, 0.3) is 0 Å². The Bertz CT molecular complexity index is 387. The van der Waals surface area contributed by atoms with Crippen molar-refractivity contribution in [3.05, 3.63) is 0 Å². The van der Waals surface area contributed by atoms with Crippen LogP contribution in [0.5, 0.6) is 0 Å². The third-order valence-electron chi connectivity index (χ3n) is 7.69. The van der Waals surface area contributed by atoms with Gasteiger partial charge in [-0.2, -0.15) is 0 Å². The van der Waals surface area contributed by atoms with Crippen LogP contribution in [0.3, 0.4) is 0 Å². The molecule has 0 saturated heterocycles. The predicted molar refractivity (Wildman–Crippen MR) is 149 cm³/mol. The van der Waals surface area contributed by atoms with Crippen LogP contribution in [-0.4, -0.2) is 33.6 Å². The Balaban J connectivity index is 3.59. The maximum atomic E-state index is 10.7. The topological polar surface area (TPSA) is 60.7 Å². The van der Waals surface area contributed by atoms with Gasteiger partial charge in [0.1, 0.15) is 5.60 Å². The van der Waals surface area contributed by atoms with Crippen LogP contribution in [0, 0.1) is 0 Å². The Morgan fingerprint density at radius 2 is 0.765 bits per heavy atom. The number of rotatable bonds is 28. The van der Waals surface area contributed by atoms with Crippen molar-refractivity contribution in [3.63, 3.8) is 0 Å². The fourth-order valence-electron chi connectivity index (χ4n) is 5.07. The van der Waals surface area contributed by atoms with Gasteiger partial charge in [-0.1, -0.05) is 168 Å². The van der Waals surface area contributed by atoms with Gasteiger partial charge >= 0.3 is 0 Å². The van der Waals surface area contributed by atoms with Crippen molar-refractivity contribution >= 4 is 0 Å². The van der Waals surface area contributed by atoms with Gasteiger partial charge in [0, 0.05) is 0 Å². The molecule has 0 spiro atoms. The minimum absolute atomic E-state index is 0.329. The smallest absolute Gasteiger partial charge is 0.113 e. The second-order valence-electron chi connectivity index (χ2n) is 11.1. The first kappa shape index (κ1) is 33.9. The highest BCUT2D eigenvalue weighted by molar-refractivity contribution is 4.85. The normalized spacial score (nSPS) is 14.4. The van der Waals surface area contributed by atoms with Crippen LogP contribution in [0.4, 0.5) is 0 Å². The van der Waals surface area contributed by atoms with Crippen LogP contribution in [0.15, 0.2) is 0 Å². The Labute approximate surface area is 214 Å². The lowest BCUT2D eigenvalue weighted by molar-refractivity contribution is -0.114. The average Bonchev–Trinajstić information content (AvgIpc) is 2.85. The summed E-state index contributed by atoms with van der Waals surface area (Å²) < 4.78 is 0. The molecule has 0 aromatic carbocycles. The van der Waals surface area contributed by atoms with E-state index in [1.54, 1.807) is 0 Å². The molecule has 0 heterocycles. The van der Waals surface area contributed by atoms with E-state index in [1.807, 2.05) is 0 Å². The zero-order valence-electron chi connectivity index (χ0n) is 23.5. The molecule has 34 heavy (non-hydrogen) atoms. The highest BCUT2D eigenvalue weighted by Crippen LogP contribution is 2.24. The van der Waals surface area contributed by atoms with Crippen molar-refractivity contribution in [2.24, 2.45) is 0 Å². The molecule has 0 saturated carbocycles. The van der Waals surface area contributed by atoms with Crippen LogP contribution in [-0.2, 0) is 0 Å². The molecular formula is C31H64O3. The number of aliphatic hydroxyl groups is 3. The molecule has 3 heteroatoms. The standard InChI is InChI=1S/C31H64O3/c1-3-5-7-9-11-13-15-17-19-21-23-25-27-30(33)31(34,29-32)28-26-24-22-20-18-16-14-12-10-8-6-4-2/h30,32-34H,3-29H2,1-2H3. The van der Waals surface area contributed by atoms with E-state index in [9.17, 15) is 15.3 Å². The monoisotopic (exact) mass is 484 g/mol. The molecule has 2 atom stereocenters. The summed E-state index contributed by atoms with van der Waals surface area (Å²) in [7, 11) is 0. The molecule has 206 valence electrons. The van der Waals surface area contributed by atoms with Gasteiger partial charge in [-0.25, -0.2) is 0 Å². The predicted octanol–water partition coefficient (Wildman–Crippen LogP) is 9.25. The van der Waals surface area contributed by atoms with Crippen molar-refractivity contribution in [1.29, 1.82) is 0 Å². The molecule has 3 nitrogen and oxygen atoms in total. The molecule has 0 amide bonds. The van der Waals surface area contributed by atoms with Gasteiger partial charge in [0.25, 0.3) is 0 Å². The molecule has 0 radical (unpaired) electrons. The number of hydrogen-bond acceptors (Lipinski definition) is 3. The van der Waals surface area contributed by atoms with E-state index in [1.165, 1.54) is 128 Å². The van der Waals surface area contributed by atoms with Crippen molar-refractivity contribution < 1.29 is 15.3 Å². The zero-order valence-corrected chi connectivity index (χ0v) is 23.5. The van der Waals surface area contributed by atoms with Crippen molar-refractivity contribution in [2.75, 3.05) is 6.61 Å². The third-order valence-corrected chi connectivity index (χ3v) is 7.69. The van der Waals surface area contributed by atoms with Crippen molar-refractivity contribution in [2.45, 2.75) is 192 Å². The van der Waals surface area contributed by atoms with Gasteiger partial charge in [0.05, 0.1) is 12.7 Å². The number of hydrogen-bond donors (Lipinski definition) is 3. The highest BCUT2D eigenvalue weighted by atomic mass is 16.4. The van der Waals surface area contributed by atoms with Crippen molar-refractivity contribution in [1.82, 2.24) is 0 Å². The van der Waals surface area contributed by atoms with Crippen LogP contribution < -0.4 is 0 Å². The quantitative estimate of drug-likeness (QED) is 0.0969. The summed E-state index contributed by atoms with van der Waals surface area (Å²) in [4.78, 5) is 0. The minimum Gasteiger partial charge on any atom is -0.393 e. The van der Waals surface area contributed by atoms with Crippen LogP contribution >= 0.6 is 0 Å². The van der Waals surface area contributed by atoms with E-state index in [4.69, 9.17) is 0 Å². The molecule has 0 aromatic heterocycles. The van der Waals surface area contributed by atoms with Gasteiger partial charge in [0.2, 0.25) is 0 Å². The molecular weight excluding hydrogens is 420 g/mol. The first-order chi connectivity index (χ1) is 16.6. The SMILES string of the molecule is CCCCCCCCCCCCCCC(O)C(O)(CO)CCCCCCCCCCCCCC. The Kier molecular flexibility index (Phi) is 25.9. The summed E-state index contributed by atoms with van der Waals surface area (Å²) in [5, 5.41) is 30.9. The van der Waals surface area contributed by atoms with E-state index in [0.29, 0.717) is 12.8 Å². The van der Waals surface area contributed by atoms with Gasteiger partial charge in [-0.15, -0.1) is 0 Å². The molecule has 2 unspecified atom stereocenters. The largest absolute Gasteiger partial charge is 0.393 e. The van der Waals surface area contributed by atoms with E-state index in [-0.39, 0.29) is 6.61 Å². The van der Waals surface area contributed by atoms with Gasteiger partial charge in [0.15, 0.2) is 0 Å². The number of unbranched alkanes of at least 4 members (excludes halogenated alkanes) is 22. The van der Waals surface area contributed by atoms with E-state index >= 15 is 0 Å². The highest BCUT2D eigenvalue weighted by Gasteiger charge is 2.33. The van der Waals surface area contributed by atoms with Crippen LogP contribution in [0.1, 0.15) is 181 Å². The second kappa shape index (κ2) is 26.0. The lowest BCUT2D eigenvalue weighted by Gasteiger charge is -2.31. The summed E-state index contributed by atoms with van der Waals surface area (Å²) in [5.41, 5.74) is -1.31. The molecule has 3 N–H and O–H groups in total. The summed E-state index contributed by atoms with van der Waals surface area (Å²) in [5.74, 6) is 0. The second-order valence-corrected chi connectivity index (χ2v) is 11.1. The molecule has 0 aromatic rings. The molecule has 0 aliphatic rings. The Morgan fingerprint density at radius 3 is 1.09 bits per heavy atom. The summed E-state index contributed by atoms with van der Waals surface area (Å²) in [6, 6.07) is 0. The maximum absolute atomic E-state index is 10.7. The lowest BCUT2D eigenvalue weighted by atomic mass is 9.87. The van der Waals surface area contributed by atoms with Gasteiger partial charge in [-0.05, 0) is 12.8 Å². The first-order valence-electron chi connectivity index (χ1n) is 15.6. The molecule has 0 aliphatic heterocycles. The fraction of sp³-hybridized carbons (Fsp3) is 1.00. The van der Waals surface area contributed by atoms with Crippen molar-refractivity contribution in [3.8, 4) is 0 Å². The average molecular weight is 485 g/mol. The summed E-state index contributed by atoms with van der Waals surface area (Å²) in [6.45, 7) is 4.20. The Morgan fingerprint density at radius 1 is 0.471 bits per heavy atom. The summed E-state index contributed by atoms with van der Waals surface area (Å²) in [6.07, 6.45) is 31.3. The molecule has 0 rings (SSSR count). The first-order valence-corrected chi connectivity index (χ1v) is 15.6. The minimum atomic E-state index is -1.31. The molecule has 0 fully saturated rings. The molecule has 0 bridgehead atoms. The van der Waals surface area contributed by atoms with E-state index in [0.717, 1.165) is 25.7 Å². The van der Waals surface area contributed by atoms with Gasteiger partial charge in [-0.3, -0.25) is 0 Å². The van der Waals surface area contributed by atoms with Crippen LogP contribution in [0.2, 0.25) is 0 Å². The third kappa shape index (κ3) is 21.2. The zero-order chi connectivity index (χ0) is 25.2. The van der Waals surface area contributed by atoms with E-state index in [2.05, 4.69) is 13.8 Å². The maximum Gasteiger partial charge on any atom is 0.113 e. The fourth-order valence-corrected chi connectivity index (χ4v) is 5.07. The molecule has 0 aliphatic carbocycles. The number of aliphatic hydroxyl groups excluding tert-OH is 2. The lowest BCUT2D eigenvalue weighted by Crippen LogP contribution is -2.45.